The van der Waals surface area contributed by atoms with Crippen LogP contribution in [-0.2, 0) is 10.8 Å². The Morgan fingerprint density at radius 2 is 0.731 bits per heavy atom. The molecule has 0 atom stereocenters. The molecular formula is C50H43NO. The molecule has 2 heteroatoms. The van der Waals surface area contributed by atoms with E-state index in [1.165, 1.54) is 75.8 Å². The maximum absolute atomic E-state index is 10.8. The maximum Gasteiger partial charge on any atom is 0.120 e. The predicted molar refractivity (Wildman–Crippen MR) is 223 cm³/mol. The van der Waals surface area contributed by atoms with Gasteiger partial charge in [-0.1, -0.05) is 126 Å². The normalized spacial score (nSPS) is 12.9. The smallest absolute Gasteiger partial charge is 0.120 e. The number of pyridine rings is 1. The van der Waals surface area contributed by atoms with Crippen LogP contribution in [0.4, 0.5) is 0 Å². The fourth-order valence-corrected chi connectivity index (χ4v) is 8.10. The third-order valence-corrected chi connectivity index (χ3v) is 10.9. The Hall–Kier alpha value is -5.49. The average molecular weight is 674 g/mol. The van der Waals surface area contributed by atoms with Crippen LogP contribution in [0.15, 0.2) is 109 Å². The van der Waals surface area contributed by atoms with E-state index in [4.69, 9.17) is 4.98 Å². The van der Waals surface area contributed by atoms with Crippen LogP contribution in [0.5, 0.6) is 0 Å². The number of nitrogens with zero attached hydrogens (tertiary/aromatic N) is 1. The summed E-state index contributed by atoms with van der Waals surface area (Å²) in [5, 5.41) is 25.9. The van der Waals surface area contributed by atoms with Crippen molar-refractivity contribution in [2.75, 3.05) is 0 Å². The lowest BCUT2D eigenvalue weighted by molar-refractivity contribution is 0.143. The van der Waals surface area contributed by atoms with E-state index < -0.39 is 5.60 Å². The number of benzene rings is 8. The first-order valence-electron chi connectivity index (χ1n) is 18.3. The van der Waals surface area contributed by atoms with Crippen LogP contribution >= 0.6 is 0 Å². The van der Waals surface area contributed by atoms with Crippen molar-refractivity contribution in [3.8, 4) is 34.1 Å². The van der Waals surface area contributed by atoms with Crippen LogP contribution < -0.4 is 0 Å². The Balaban J connectivity index is 1.25. The lowest BCUT2D eigenvalue weighted by Crippen LogP contribution is -2.14. The van der Waals surface area contributed by atoms with E-state index in [0.717, 1.165) is 27.8 Å². The fourth-order valence-electron chi connectivity index (χ4n) is 8.10. The zero-order chi connectivity index (χ0) is 36.3. The number of rotatable bonds is 2. The van der Waals surface area contributed by atoms with Gasteiger partial charge in [0.2, 0.25) is 0 Å². The second-order valence-electron chi connectivity index (χ2n) is 17.4. The lowest BCUT2D eigenvalue weighted by atomic mass is 9.82. The Labute approximate surface area is 305 Å². The Kier molecular flexibility index (Phi) is 6.86. The first-order chi connectivity index (χ1) is 24.6. The fraction of sp³-hybridized carbons (Fsp3) is 0.220. The van der Waals surface area contributed by atoms with Crippen molar-refractivity contribution < 1.29 is 5.11 Å². The van der Waals surface area contributed by atoms with Crippen LogP contribution in [0.25, 0.3) is 86.9 Å². The second kappa shape index (κ2) is 11.0. The molecule has 0 saturated heterocycles. The average Bonchev–Trinajstić information content (AvgIpc) is 3.10. The van der Waals surface area contributed by atoms with Gasteiger partial charge in [-0.05, 0) is 136 Å². The van der Waals surface area contributed by atoms with E-state index in [-0.39, 0.29) is 10.8 Å². The second-order valence-corrected chi connectivity index (χ2v) is 17.4. The maximum atomic E-state index is 10.8. The standard InChI is InChI=1S/C50H43NO/c1-48(2,3)39-23-33-13-9-29-19-37(20-30-10-14-34(24-39)46(33)44(29)30)42-27-51-28-43(41(42)17-18-50(7,8)52)38-21-31-11-15-35-25-40(49(4,5)6)26-36-16-12-32(22-38)45(31)47(35)36/h9-16,19-28,52H,1-8H3. The van der Waals surface area contributed by atoms with E-state index in [2.05, 4.69) is 150 Å². The summed E-state index contributed by atoms with van der Waals surface area (Å²) >= 11 is 0. The number of hydrogen-bond acceptors (Lipinski definition) is 2. The summed E-state index contributed by atoms with van der Waals surface area (Å²) in [6.07, 6.45) is 3.86. The zero-order valence-corrected chi connectivity index (χ0v) is 31.3. The van der Waals surface area contributed by atoms with Crippen LogP contribution in [0.2, 0.25) is 0 Å². The number of aliphatic hydroxyl groups is 1. The van der Waals surface area contributed by atoms with Crippen molar-refractivity contribution in [2.45, 2.75) is 71.8 Å². The largest absolute Gasteiger partial charge is 0.378 e. The molecule has 9 aromatic rings. The Morgan fingerprint density at radius 3 is 1.00 bits per heavy atom. The molecule has 9 rings (SSSR count). The molecule has 1 heterocycles. The minimum Gasteiger partial charge on any atom is -0.378 e. The minimum atomic E-state index is -1.16. The first-order valence-corrected chi connectivity index (χ1v) is 18.3. The SMILES string of the molecule is CC(C)(O)C#Cc1c(-c2cc3ccc4cc(C(C)(C)C)cc5ccc(c2)c3c45)cncc1-c1cc2ccc3cc(C(C)(C)C)cc4ccc(c1)c2c34. The summed E-state index contributed by atoms with van der Waals surface area (Å²) in [7, 11) is 0. The summed E-state index contributed by atoms with van der Waals surface area (Å²) in [5.41, 5.74) is 6.57. The molecule has 0 fully saturated rings. The van der Waals surface area contributed by atoms with Gasteiger partial charge in [0.05, 0.1) is 0 Å². The molecule has 0 saturated carbocycles. The summed E-state index contributed by atoms with van der Waals surface area (Å²) in [6.45, 7) is 17.1. The molecule has 0 bridgehead atoms. The topological polar surface area (TPSA) is 33.1 Å². The van der Waals surface area contributed by atoms with Gasteiger partial charge in [0.1, 0.15) is 5.60 Å². The first kappa shape index (κ1) is 32.4. The van der Waals surface area contributed by atoms with E-state index in [0.29, 0.717) is 0 Å². The molecular weight excluding hydrogens is 631 g/mol. The highest BCUT2D eigenvalue weighted by Gasteiger charge is 2.21. The predicted octanol–water partition coefficient (Wildman–Crippen LogP) is 12.9. The monoisotopic (exact) mass is 673 g/mol. The van der Waals surface area contributed by atoms with Crippen molar-refractivity contribution in [3.05, 3.63) is 126 Å². The number of hydrogen-bond donors (Lipinski definition) is 1. The van der Waals surface area contributed by atoms with E-state index in [9.17, 15) is 5.11 Å². The molecule has 0 radical (unpaired) electrons. The lowest BCUT2D eigenvalue weighted by Gasteiger charge is -2.22. The van der Waals surface area contributed by atoms with Crippen LogP contribution in [0.3, 0.4) is 0 Å². The van der Waals surface area contributed by atoms with Gasteiger partial charge in [0.25, 0.3) is 0 Å². The van der Waals surface area contributed by atoms with Gasteiger partial charge in [-0.2, -0.15) is 0 Å². The van der Waals surface area contributed by atoms with Gasteiger partial charge < -0.3 is 5.11 Å². The molecule has 2 nitrogen and oxygen atoms in total. The molecule has 0 spiro atoms. The van der Waals surface area contributed by atoms with E-state index in [1.807, 2.05) is 12.4 Å². The van der Waals surface area contributed by atoms with Crippen LogP contribution in [0, 0.1) is 11.8 Å². The quantitative estimate of drug-likeness (QED) is 0.146. The van der Waals surface area contributed by atoms with Crippen molar-refractivity contribution in [1.82, 2.24) is 4.98 Å². The van der Waals surface area contributed by atoms with Gasteiger partial charge in [-0.25, -0.2) is 0 Å². The molecule has 52 heavy (non-hydrogen) atoms. The van der Waals surface area contributed by atoms with Crippen molar-refractivity contribution in [1.29, 1.82) is 0 Å². The minimum absolute atomic E-state index is 0.0716. The van der Waals surface area contributed by atoms with Gasteiger partial charge in [-0.3, -0.25) is 4.98 Å². The van der Waals surface area contributed by atoms with E-state index >= 15 is 0 Å². The van der Waals surface area contributed by atoms with Gasteiger partial charge in [-0.15, -0.1) is 0 Å². The molecule has 1 N–H and O–H groups in total. The van der Waals surface area contributed by atoms with Gasteiger partial charge in [0.15, 0.2) is 0 Å². The summed E-state index contributed by atoms with van der Waals surface area (Å²) in [6, 6.07) is 36.6. The third kappa shape index (κ3) is 5.26. The third-order valence-electron chi connectivity index (χ3n) is 10.9. The Bertz CT molecular complexity index is 2630. The molecule has 0 amide bonds. The molecule has 0 aliphatic heterocycles. The highest BCUT2D eigenvalue weighted by atomic mass is 16.3. The van der Waals surface area contributed by atoms with Crippen molar-refractivity contribution in [3.63, 3.8) is 0 Å². The Morgan fingerprint density at radius 1 is 0.442 bits per heavy atom. The van der Waals surface area contributed by atoms with E-state index in [1.54, 1.807) is 13.8 Å². The van der Waals surface area contributed by atoms with Crippen molar-refractivity contribution >= 4 is 64.6 Å². The molecule has 8 aromatic carbocycles. The van der Waals surface area contributed by atoms with Crippen molar-refractivity contribution in [2.24, 2.45) is 0 Å². The van der Waals surface area contributed by atoms with Crippen LogP contribution in [0.1, 0.15) is 72.1 Å². The summed E-state index contributed by atoms with van der Waals surface area (Å²) < 4.78 is 0. The highest BCUT2D eigenvalue weighted by Crippen LogP contribution is 2.43. The molecule has 0 aliphatic rings. The molecule has 1 aromatic heterocycles. The zero-order valence-electron chi connectivity index (χ0n) is 31.3. The van der Waals surface area contributed by atoms with Gasteiger partial charge >= 0.3 is 0 Å². The van der Waals surface area contributed by atoms with Crippen LogP contribution in [-0.4, -0.2) is 15.7 Å². The summed E-state index contributed by atoms with van der Waals surface area (Å²) in [4.78, 5) is 4.84. The highest BCUT2D eigenvalue weighted by molar-refractivity contribution is 6.25. The molecule has 0 unspecified atom stereocenters. The number of aromatic nitrogens is 1. The molecule has 254 valence electrons. The van der Waals surface area contributed by atoms with Gasteiger partial charge in [0, 0.05) is 29.1 Å². The summed E-state index contributed by atoms with van der Waals surface area (Å²) in [5.74, 6) is 6.58. The molecule has 0 aliphatic carbocycles.